The lowest BCUT2D eigenvalue weighted by Crippen LogP contribution is -2.11. The third-order valence-electron chi connectivity index (χ3n) is 5.84. The van der Waals surface area contributed by atoms with Gasteiger partial charge in [-0.25, -0.2) is 0 Å². The van der Waals surface area contributed by atoms with Crippen molar-refractivity contribution in [2.24, 2.45) is 0 Å². The molecule has 0 spiro atoms. The molecule has 0 amide bonds. The molecule has 0 aliphatic carbocycles. The normalized spacial score (nSPS) is 13.3. The molecule has 35 heavy (non-hydrogen) atoms. The molecule has 0 heterocycles. The van der Waals surface area contributed by atoms with Crippen LogP contribution in [0, 0.1) is 0 Å². The zero-order chi connectivity index (χ0) is 24.5. The molecule has 176 valence electrons. The number of phosphoric acid groups is 1. The standard InChI is InChI=1S/C30H27O4P/c1-30(2,3)25-16-19-26(20-17-25)32-35(31,33-27-18-15-22-9-4-5-11-24(22)21-27)34-29-14-8-12-23-10-6-7-13-28(23)29/h4-21H,1-3H3. The molecule has 5 heteroatoms. The van der Waals surface area contributed by atoms with Crippen LogP contribution in [-0.2, 0) is 9.98 Å². The fourth-order valence-electron chi connectivity index (χ4n) is 3.95. The van der Waals surface area contributed by atoms with Gasteiger partial charge in [0, 0.05) is 5.39 Å². The van der Waals surface area contributed by atoms with Crippen LogP contribution in [0.2, 0.25) is 0 Å². The summed E-state index contributed by atoms with van der Waals surface area (Å²) in [6, 6.07) is 34.3. The highest BCUT2D eigenvalue weighted by Crippen LogP contribution is 2.51. The summed E-state index contributed by atoms with van der Waals surface area (Å²) in [6.07, 6.45) is 0. The van der Waals surface area contributed by atoms with E-state index in [2.05, 4.69) is 20.8 Å². The van der Waals surface area contributed by atoms with Crippen LogP contribution in [0.5, 0.6) is 17.2 Å². The average molecular weight is 483 g/mol. The largest absolute Gasteiger partial charge is 0.647 e. The third kappa shape index (κ3) is 5.18. The summed E-state index contributed by atoms with van der Waals surface area (Å²) in [6.45, 7) is 6.42. The van der Waals surface area contributed by atoms with E-state index in [1.165, 1.54) is 0 Å². The van der Waals surface area contributed by atoms with E-state index < -0.39 is 7.82 Å². The summed E-state index contributed by atoms with van der Waals surface area (Å²) < 4.78 is 32.1. The minimum atomic E-state index is -4.12. The number of phosphoric ester groups is 1. The Morgan fingerprint density at radius 2 is 1.17 bits per heavy atom. The molecule has 5 aromatic rings. The van der Waals surface area contributed by atoms with Crippen LogP contribution in [0.4, 0.5) is 0 Å². The zero-order valence-electron chi connectivity index (χ0n) is 20.0. The van der Waals surface area contributed by atoms with Crippen molar-refractivity contribution >= 4 is 29.4 Å². The smallest absolute Gasteiger partial charge is 0.386 e. The Morgan fingerprint density at radius 1 is 0.571 bits per heavy atom. The second kappa shape index (κ2) is 9.13. The summed E-state index contributed by atoms with van der Waals surface area (Å²) >= 11 is 0. The second-order valence-corrected chi connectivity index (χ2v) is 10.9. The van der Waals surface area contributed by atoms with Gasteiger partial charge in [0.05, 0.1) is 0 Å². The van der Waals surface area contributed by atoms with Crippen molar-refractivity contribution in [2.75, 3.05) is 0 Å². The van der Waals surface area contributed by atoms with E-state index in [1.54, 1.807) is 24.3 Å². The summed E-state index contributed by atoms with van der Waals surface area (Å²) in [5, 5.41) is 3.82. The minimum Gasteiger partial charge on any atom is -0.386 e. The van der Waals surface area contributed by atoms with E-state index in [0.717, 1.165) is 27.1 Å². The zero-order valence-corrected chi connectivity index (χ0v) is 20.9. The van der Waals surface area contributed by atoms with Crippen molar-refractivity contribution in [1.29, 1.82) is 0 Å². The van der Waals surface area contributed by atoms with Crippen LogP contribution in [0.1, 0.15) is 26.3 Å². The van der Waals surface area contributed by atoms with Crippen LogP contribution in [0.3, 0.4) is 0 Å². The molecule has 0 radical (unpaired) electrons. The van der Waals surface area contributed by atoms with Crippen molar-refractivity contribution in [1.82, 2.24) is 0 Å². The Labute approximate surface area is 205 Å². The third-order valence-corrected chi connectivity index (χ3v) is 7.12. The van der Waals surface area contributed by atoms with Crippen LogP contribution < -0.4 is 13.6 Å². The van der Waals surface area contributed by atoms with Gasteiger partial charge in [0.15, 0.2) is 0 Å². The highest BCUT2D eigenvalue weighted by atomic mass is 31.2. The number of benzene rings is 5. The molecule has 0 saturated heterocycles. The Morgan fingerprint density at radius 3 is 1.91 bits per heavy atom. The molecular formula is C30H27O4P. The number of rotatable bonds is 6. The minimum absolute atomic E-state index is 0.0106. The Bertz CT molecular complexity index is 1530. The first-order valence-electron chi connectivity index (χ1n) is 11.6. The fourth-order valence-corrected chi connectivity index (χ4v) is 5.21. The Hall–Kier alpha value is -3.75. The average Bonchev–Trinajstić information content (AvgIpc) is 2.84. The molecule has 0 fully saturated rings. The molecule has 4 nitrogen and oxygen atoms in total. The van der Waals surface area contributed by atoms with E-state index in [9.17, 15) is 4.57 Å². The molecule has 0 aliphatic heterocycles. The molecule has 5 aromatic carbocycles. The fraction of sp³-hybridized carbons (Fsp3) is 0.133. The predicted molar refractivity (Wildman–Crippen MR) is 143 cm³/mol. The van der Waals surface area contributed by atoms with Gasteiger partial charge in [0.1, 0.15) is 17.2 Å². The number of hydrogen-bond donors (Lipinski definition) is 0. The maximum Gasteiger partial charge on any atom is 0.647 e. The maximum absolute atomic E-state index is 14.1. The molecule has 1 unspecified atom stereocenters. The van der Waals surface area contributed by atoms with Gasteiger partial charge < -0.3 is 13.6 Å². The quantitative estimate of drug-likeness (QED) is 0.227. The summed E-state index contributed by atoms with van der Waals surface area (Å²) in [5.74, 6) is 1.24. The van der Waals surface area contributed by atoms with Gasteiger partial charge in [0.25, 0.3) is 0 Å². The van der Waals surface area contributed by atoms with E-state index >= 15 is 0 Å². The van der Waals surface area contributed by atoms with Crippen LogP contribution in [0.25, 0.3) is 21.5 Å². The molecule has 1 atom stereocenters. The lowest BCUT2D eigenvalue weighted by Gasteiger charge is -2.22. The lowest BCUT2D eigenvalue weighted by atomic mass is 9.87. The highest BCUT2D eigenvalue weighted by Gasteiger charge is 2.34. The van der Waals surface area contributed by atoms with Crippen LogP contribution in [0.15, 0.2) is 109 Å². The van der Waals surface area contributed by atoms with Crippen molar-refractivity contribution in [3.63, 3.8) is 0 Å². The SMILES string of the molecule is CC(C)(C)c1ccc(OP(=O)(Oc2ccc3ccccc3c2)Oc2cccc3ccccc23)cc1. The first kappa shape index (κ1) is 23.0. The summed E-state index contributed by atoms with van der Waals surface area (Å²) in [5.41, 5.74) is 1.13. The highest BCUT2D eigenvalue weighted by molar-refractivity contribution is 7.49. The van der Waals surface area contributed by atoms with Gasteiger partial charge >= 0.3 is 7.82 Å². The van der Waals surface area contributed by atoms with Crippen molar-refractivity contribution in [2.45, 2.75) is 26.2 Å². The van der Waals surface area contributed by atoms with Gasteiger partial charge in [-0.3, -0.25) is 0 Å². The van der Waals surface area contributed by atoms with Crippen molar-refractivity contribution in [3.8, 4) is 17.2 Å². The summed E-state index contributed by atoms with van der Waals surface area (Å²) in [7, 11) is -4.12. The van der Waals surface area contributed by atoms with Gasteiger partial charge in [-0.1, -0.05) is 99.6 Å². The topological polar surface area (TPSA) is 44.8 Å². The van der Waals surface area contributed by atoms with Crippen molar-refractivity contribution < 1.29 is 18.1 Å². The predicted octanol–water partition coefficient (Wildman–Crippen LogP) is 8.94. The second-order valence-electron chi connectivity index (χ2n) is 9.48. The maximum atomic E-state index is 14.1. The van der Waals surface area contributed by atoms with Crippen molar-refractivity contribution in [3.05, 3.63) is 115 Å². The van der Waals surface area contributed by atoms with Gasteiger partial charge in [0.2, 0.25) is 0 Å². The van der Waals surface area contributed by atoms with E-state index in [-0.39, 0.29) is 5.41 Å². The van der Waals surface area contributed by atoms with Gasteiger partial charge in [-0.05, 0) is 57.5 Å². The monoisotopic (exact) mass is 482 g/mol. The molecular weight excluding hydrogens is 455 g/mol. The Balaban J connectivity index is 1.52. The van der Waals surface area contributed by atoms with E-state index in [0.29, 0.717) is 17.2 Å². The molecule has 0 aromatic heterocycles. The van der Waals surface area contributed by atoms with Crippen LogP contribution in [-0.4, -0.2) is 0 Å². The molecule has 0 bridgehead atoms. The first-order chi connectivity index (χ1) is 16.8. The van der Waals surface area contributed by atoms with E-state index in [4.69, 9.17) is 13.6 Å². The number of fused-ring (bicyclic) bond motifs is 2. The number of hydrogen-bond acceptors (Lipinski definition) is 4. The molecule has 0 aliphatic rings. The van der Waals surface area contributed by atoms with Gasteiger partial charge in [-0.2, -0.15) is 4.57 Å². The van der Waals surface area contributed by atoms with Gasteiger partial charge in [-0.15, -0.1) is 0 Å². The lowest BCUT2D eigenvalue weighted by molar-refractivity contribution is 0.299. The molecule has 0 N–H and O–H groups in total. The molecule has 5 rings (SSSR count). The van der Waals surface area contributed by atoms with Crippen LogP contribution >= 0.6 is 7.82 Å². The Kier molecular flexibility index (Phi) is 6.00. The van der Waals surface area contributed by atoms with E-state index in [1.807, 2.05) is 84.9 Å². The summed E-state index contributed by atoms with van der Waals surface area (Å²) in [4.78, 5) is 0. The molecule has 0 saturated carbocycles. The first-order valence-corrected chi connectivity index (χ1v) is 13.0.